The van der Waals surface area contributed by atoms with Crippen LogP contribution in [0.1, 0.15) is 57.6 Å². The molecule has 4 N–H and O–H groups in total. The Kier molecular flexibility index (Phi) is 8.59. The number of nitrogens with one attached hydrogen (secondary N) is 2. The Morgan fingerprint density at radius 3 is 2.45 bits per heavy atom. The predicted molar refractivity (Wildman–Crippen MR) is 136 cm³/mol. The third-order valence-corrected chi connectivity index (χ3v) is 7.16. The summed E-state index contributed by atoms with van der Waals surface area (Å²) in [4.78, 5) is 11.3. The molecule has 3 rings (SSSR count). The number of rotatable bonds is 12. The molecule has 6 heteroatoms. The number of aliphatic hydroxyl groups is 1. The monoisotopic (exact) mass is 516 g/mol. The quantitative estimate of drug-likeness (QED) is 0.291. The molecule has 2 aromatic carbocycles. The SMILES string of the molecule is CC(Cc1ccccc1)C[C@@H](CC(C)(C)NC(=O)O)[C@@H](O)CNC1(c2cccc(Br)c2)CC1. The first-order chi connectivity index (χ1) is 15.6. The van der Waals surface area contributed by atoms with Gasteiger partial charge in [-0.2, -0.15) is 0 Å². The summed E-state index contributed by atoms with van der Waals surface area (Å²) < 4.78 is 1.06. The fraction of sp³-hybridized carbons (Fsp3) is 0.519. The molecule has 1 unspecified atom stereocenters. The summed E-state index contributed by atoms with van der Waals surface area (Å²) in [6.45, 7) is 6.47. The molecule has 180 valence electrons. The number of benzene rings is 2. The Morgan fingerprint density at radius 2 is 1.85 bits per heavy atom. The van der Waals surface area contributed by atoms with E-state index < -0.39 is 17.7 Å². The lowest BCUT2D eigenvalue weighted by molar-refractivity contribution is 0.0674. The lowest BCUT2D eigenvalue weighted by Gasteiger charge is -2.34. The first kappa shape index (κ1) is 25.7. The number of amides is 1. The van der Waals surface area contributed by atoms with Gasteiger partial charge >= 0.3 is 6.09 Å². The third-order valence-electron chi connectivity index (χ3n) is 6.67. The first-order valence-corrected chi connectivity index (χ1v) is 12.6. The highest BCUT2D eigenvalue weighted by atomic mass is 79.9. The summed E-state index contributed by atoms with van der Waals surface area (Å²) in [5, 5.41) is 26.8. The molecule has 1 fully saturated rings. The van der Waals surface area contributed by atoms with E-state index in [0.29, 0.717) is 18.9 Å². The molecule has 1 aliphatic rings. The van der Waals surface area contributed by atoms with Crippen LogP contribution in [0.3, 0.4) is 0 Å². The first-order valence-electron chi connectivity index (χ1n) is 11.8. The van der Waals surface area contributed by atoms with Crippen molar-refractivity contribution < 1.29 is 15.0 Å². The molecule has 2 aromatic rings. The Morgan fingerprint density at radius 1 is 1.15 bits per heavy atom. The molecule has 0 radical (unpaired) electrons. The van der Waals surface area contributed by atoms with Crippen molar-refractivity contribution in [3.05, 3.63) is 70.2 Å². The van der Waals surface area contributed by atoms with Crippen molar-refractivity contribution in [2.24, 2.45) is 11.8 Å². The highest BCUT2D eigenvalue weighted by Gasteiger charge is 2.44. The fourth-order valence-corrected chi connectivity index (χ4v) is 5.33. The van der Waals surface area contributed by atoms with Crippen LogP contribution in [0.2, 0.25) is 0 Å². The average Bonchev–Trinajstić information content (AvgIpc) is 3.52. The second-order valence-electron chi connectivity index (χ2n) is 10.3. The fourth-order valence-electron chi connectivity index (χ4n) is 4.93. The van der Waals surface area contributed by atoms with Gasteiger partial charge in [-0.05, 0) is 81.0 Å². The largest absolute Gasteiger partial charge is 0.465 e. The van der Waals surface area contributed by atoms with E-state index in [9.17, 15) is 15.0 Å². The average molecular weight is 518 g/mol. The molecule has 0 aromatic heterocycles. The van der Waals surface area contributed by atoms with E-state index in [1.165, 1.54) is 11.1 Å². The zero-order valence-corrected chi connectivity index (χ0v) is 21.4. The van der Waals surface area contributed by atoms with Crippen LogP contribution in [0, 0.1) is 11.8 Å². The van der Waals surface area contributed by atoms with Gasteiger partial charge in [-0.3, -0.25) is 0 Å². The predicted octanol–water partition coefficient (Wildman–Crippen LogP) is 5.71. The Bertz CT molecular complexity index is 915. The van der Waals surface area contributed by atoms with Crippen LogP contribution in [-0.2, 0) is 12.0 Å². The van der Waals surface area contributed by atoms with E-state index in [1.54, 1.807) is 0 Å². The molecule has 1 saturated carbocycles. The standard InChI is InChI=1S/C27H37BrN2O3/c1-19(14-20-8-5-4-6-9-20)15-21(17-26(2,3)30-25(32)33)24(31)18-29-27(12-13-27)22-10-7-11-23(28)16-22/h4-11,16,19,21,24,29-31H,12-15,17-18H2,1-3H3,(H,32,33)/t19?,21-,24-/m0/s1. The number of carbonyl (C=O) groups is 1. The maximum atomic E-state index is 11.3. The van der Waals surface area contributed by atoms with Crippen LogP contribution in [-0.4, -0.2) is 34.5 Å². The second kappa shape index (κ2) is 11.0. The van der Waals surface area contributed by atoms with Gasteiger partial charge in [-0.25, -0.2) is 4.79 Å². The minimum Gasteiger partial charge on any atom is -0.465 e. The Balaban J connectivity index is 1.67. The van der Waals surface area contributed by atoms with Crippen LogP contribution in [0.25, 0.3) is 0 Å². The van der Waals surface area contributed by atoms with E-state index in [0.717, 1.165) is 30.2 Å². The van der Waals surface area contributed by atoms with Gasteiger partial charge in [0, 0.05) is 22.1 Å². The van der Waals surface area contributed by atoms with E-state index in [-0.39, 0.29) is 11.5 Å². The van der Waals surface area contributed by atoms with Crippen molar-refractivity contribution in [2.45, 2.75) is 70.1 Å². The van der Waals surface area contributed by atoms with Gasteiger partial charge in [0.15, 0.2) is 0 Å². The summed E-state index contributed by atoms with van der Waals surface area (Å²) >= 11 is 3.56. The lowest BCUT2D eigenvalue weighted by Crippen LogP contribution is -2.47. The molecule has 3 atom stereocenters. The number of carboxylic acid groups (broad SMARTS) is 1. The van der Waals surface area contributed by atoms with Crippen molar-refractivity contribution in [2.75, 3.05) is 6.54 Å². The van der Waals surface area contributed by atoms with Crippen molar-refractivity contribution in [3.8, 4) is 0 Å². The molecule has 0 bridgehead atoms. The summed E-state index contributed by atoms with van der Waals surface area (Å²) in [7, 11) is 0. The molecular formula is C27H37BrN2O3. The molecule has 33 heavy (non-hydrogen) atoms. The smallest absolute Gasteiger partial charge is 0.405 e. The molecule has 1 aliphatic carbocycles. The highest BCUT2D eigenvalue weighted by molar-refractivity contribution is 9.10. The number of hydrogen-bond acceptors (Lipinski definition) is 3. The van der Waals surface area contributed by atoms with Crippen LogP contribution < -0.4 is 10.6 Å². The van der Waals surface area contributed by atoms with Gasteiger partial charge in [0.2, 0.25) is 0 Å². The molecule has 0 saturated heterocycles. The topological polar surface area (TPSA) is 81.6 Å². The molecular weight excluding hydrogens is 480 g/mol. The van der Waals surface area contributed by atoms with Crippen molar-refractivity contribution in [1.29, 1.82) is 0 Å². The Labute approximate surface area is 206 Å². The van der Waals surface area contributed by atoms with Gasteiger partial charge < -0.3 is 20.8 Å². The van der Waals surface area contributed by atoms with Crippen LogP contribution in [0.4, 0.5) is 4.79 Å². The van der Waals surface area contributed by atoms with Gasteiger partial charge in [-0.15, -0.1) is 0 Å². The van der Waals surface area contributed by atoms with Crippen molar-refractivity contribution in [3.63, 3.8) is 0 Å². The van der Waals surface area contributed by atoms with E-state index >= 15 is 0 Å². The minimum atomic E-state index is -1.03. The minimum absolute atomic E-state index is 0.0311. The lowest BCUT2D eigenvalue weighted by atomic mass is 9.80. The van der Waals surface area contributed by atoms with E-state index in [1.807, 2.05) is 32.0 Å². The van der Waals surface area contributed by atoms with Crippen LogP contribution in [0.15, 0.2) is 59.1 Å². The molecule has 1 amide bonds. The molecule has 0 heterocycles. The summed E-state index contributed by atoms with van der Waals surface area (Å²) in [6, 6.07) is 18.7. The summed E-state index contributed by atoms with van der Waals surface area (Å²) in [6.07, 6.45) is 2.84. The highest BCUT2D eigenvalue weighted by Crippen LogP contribution is 2.46. The normalized spacial score (nSPS) is 17.7. The number of aliphatic hydroxyl groups excluding tert-OH is 1. The maximum absolute atomic E-state index is 11.3. The van der Waals surface area contributed by atoms with Crippen molar-refractivity contribution in [1.82, 2.24) is 10.6 Å². The molecule has 0 spiro atoms. The van der Waals surface area contributed by atoms with E-state index in [2.05, 4.69) is 69.9 Å². The second-order valence-corrected chi connectivity index (χ2v) is 11.3. The van der Waals surface area contributed by atoms with Gasteiger partial charge in [0.05, 0.1) is 6.10 Å². The van der Waals surface area contributed by atoms with Crippen LogP contribution in [0.5, 0.6) is 0 Å². The van der Waals surface area contributed by atoms with Crippen molar-refractivity contribution >= 4 is 22.0 Å². The van der Waals surface area contributed by atoms with Gasteiger partial charge in [-0.1, -0.05) is 65.3 Å². The molecule has 0 aliphatic heterocycles. The van der Waals surface area contributed by atoms with E-state index in [4.69, 9.17) is 0 Å². The molecule has 5 nitrogen and oxygen atoms in total. The zero-order chi connectivity index (χ0) is 24.1. The zero-order valence-electron chi connectivity index (χ0n) is 19.9. The Hall–Kier alpha value is -1.89. The van der Waals surface area contributed by atoms with Crippen LogP contribution >= 0.6 is 15.9 Å². The van der Waals surface area contributed by atoms with Gasteiger partial charge in [0.25, 0.3) is 0 Å². The number of halogens is 1. The summed E-state index contributed by atoms with van der Waals surface area (Å²) in [5.41, 5.74) is 1.84. The third kappa shape index (κ3) is 7.83. The van der Waals surface area contributed by atoms with Gasteiger partial charge in [0.1, 0.15) is 0 Å². The number of hydrogen-bond donors (Lipinski definition) is 4. The summed E-state index contributed by atoms with van der Waals surface area (Å²) in [5.74, 6) is 0.337. The maximum Gasteiger partial charge on any atom is 0.405 e.